The lowest BCUT2D eigenvalue weighted by Gasteiger charge is -2.09. The molecule has 0 aliphatic rings. The highest BCUT2D eigenvalue weighted by Gasteiger charge is 2.08. The summed E-state index contributed by atoms with van der Waals surface area (Å²) in [6.07, 6.45) is 1.06. The normalized spacial score (nSPS) is 10.2. The number of amides is 1. The van der Waals surface area contributed by atoms with Crippen LogP contribution >= 0.6 is 0 Å². The first-order valence-electron chi connectivity index (χ1n) is 6.37. The van der Waals surface area contributed by atoms with E-state index in [0.29, 0.717) is 11.4 Å². The van der Waals surface area contributed by atoms with E-state index >= 15 is 0 Å². The zero-order valence-electron chi connectivity index (χ0n) is 11.4. The first kappa shape index (κ1) is 14.0. The highest BCUT2D eigenvalue weighted by atomic mass is 19.1. The number of rotatable bonds is 4. The second kappa shape index (κ2) is 6.14. The van der Waals surface area contributed by atoms with E-state index in [9.17, 15) is 9.18 Å². The lowest BCUT2D eigenvalue weighted by molar-refractivity contribution is 0.102. The van der Waals surface area contributed by atoms with Crippen molar-refractivity contribution in [2.24, 2.45) is 0 Å². The predicted molar refractivity (Wildman–Crippen MR) is 77.5 cm³/mol. The molecule has 104 valence electrons. The Hall–Kier alpha value is -2.43. The van der Waals surface area contributed by atoms with E-state index in [2.05, 4.69) is 15.6 Å². The van der Waals surface area contributed by atoms with Crippen molar-refractivity contribution in [1.29, 1.82) is 0 Å². The minimum absolute atomic E-state index is 0.268. The monoisotopic (exact) mass is 273 g/mol. The highest BCUT2D eigenvalue weighted by molar-refractivity contribution is 6.04. The number of carbonyl (C=O) groups excluding carboxylic acids is 1. The van der Waals surface area contributed by atoms with Gasteiger partial charge in [0.2, 0.25) is 0 Å². The lowest BCUT2D eigenvalue weighted by atomic mass is 10.1. The van der Waals surface area contributed by atoms with Crippen LogP contribution in [0.2, 0.25) is 0 Å². The van der Waals surface area contributed by atoms with Crippen LogP contribution < -0.4 is 10.6 Å². The Balaban J connectivity index is 2.13. The Morgan fingerprint density at radius 2 is 2.10 bits per heavy atom. The fourth-order valence-corrected chi connectivity index (χ4v) is 1.83. The van der Waals surface area contributed by atoms with E-state index in [1.54, 1.807) is 12.1 Å². The Kier molecular flexibility index (Phi) is 4.30. The van der Waals surface area contributed by atoms with E-state index in [1.807, 2.05) is 19.9 Å². The summed E-state index contributed by atoms with van der Waals surface area (Å²) in [5, 5.41) is 5.84. The van der Waals surface area contributed by atoms with Crippen molar-refractivity contribution in [1.82, 2.24) is 4.98 Å². The second-order valence-electron chi connectivity index (χ2n) is 4.38. The number of nitrogens with one attached hydrogen (secondary N) is 2. The van der Waals surface area contributed by atoms with Gasteiger partial charge in [-0.05, 0) is 49.7 Å². The molecule has 2 N–H and O–H groups in total. The van der Waals surface area contributed by atoms with Crippen molar-refractivity contribution in [3.05, 3.63) is 53.5 Å². The Morgan fingerprint density at radius 1 is 1.30 bits per heavy atom. The van der Waals surface area contributed by atoms with Gasteiger partial charge in [0.25, 0.3) is 5.91 Å². The average molecular weight is 273 g/mol. The van der Waals surface area contributed by atoms with Crippen LogP contribution in [0.4, 0.5) is 15.9 Å². The topological polar surface area (TPSA) is 54.0 Å². The number of pyridine rings is 1. The number of halogens is 1. The average Bonchev–Trinajstić information content (AvgIpc) is 2.44. The molecule has 0 bridgehead atoms. The highest BCUT2D eigenvalue weighted by Crippen LogP contribution is 2.17. The van der Waals surface area contributed by atoms with Gasteiger partial charge in [-0.25, -0.2) is 9.37 Å². The third-order valence-electron chi connectivity index (χ3n) is 2.82. The molecule has 2 rings (SSSR count). The SMILES string of the molecule is CCNc1ccc(C(=O)Nc2ccc(F)cn2)cc1C. The van der Waals surface area contributed by atoms with Gasteiger partial charge < -0.3 is 10.6 Å². The van der Waals surface area contributed by atoms with Crippen LogP contribution in [0.15, 0.2) is 36.5 Å². The maximum atomic E-state index is 12.7. The predicted octanol–water partition coefficient (Wildman–Crippen LogP) is 3.21. The van der Waals surface area contributed by atoms with Crippen molar-refractivity contribution in [2.45, 2.75) is 13.8 Å². The van der Waals surface area contributed by atoms with E-state index < -0.39 is 5.82 Å². The molecule has 1 amide bonds. The fraction of sp³-hybridized carbons (Fsp3) is 0.200. The molecule has 0 radical (unpaired) electrons. The summed E-state index contributed by atoms with van der Waals surface area (Å²) >= 11 is 0. The van der Waals surface area contributed by atoms with Gasteiger partial charge in [0, 0.05) is 17.8 Å². The molecule has 0 spiro atoms. The van der Waals surface area contributed by atoms with Crippen molar-refractivity contribution < 1.29 is 9.18 Å². The first-order chi connectivity index (χ1) is 9.60. The maximum absolute atomic E-state index is 12.7. The summed E-state index contributed by atoms with van der Waals surface area (Å²) < 4.78 is 12.7. The van der Waals surface area contributed by atoms with E-state index in [0.717, 1.165) is 24.0 Å². The third-order valence-corrected chi connectivity index (χ3v) is 2.82. The number of nitrogens with zero attached hydrogens (tertiary/aromatic N) is 1. The van der Waals surface area contributed by atoms with E-state index in [1.165, 1.54) is 12.1 Å². The molecule has 5 heteroatoms. The molecule has 0 fully saturated rings. The molecule has 4 nitrogen and oxygen atoms in total. The van der Waals surface area contributed by atoms with Crippen LogP contribution in [-0.2, 0) is 0 Å². The molecule has 1 heterocycles. The third kappa shape index (κ3) is 3.32. The zero-order valence-corrected chi connectivity index (χ0v) is 11.4. The number of benzene rings is 1. The summed E-state index contributed by atoms with van der Waals surface area (Å²) in [5.74, 6) is -0.381. The molecule has 0 aliphatic heterocycles. The molecule has 1 aromatic carbocycles. The van der Waals surface area contributed by atoms with Gasteiger partial charge in [0.15, 0.2) is 0 Å². The van der Waals surface area contributed by atoms with Crippen LogP contribution in [0.1, 0.15) is 22.8 Å². The van der Waals surface area contributed by atoms with Crippen molar-refractivity contribution >= 4 is 17.4 Å². The van der Waals surface area contributed by atoms with Gasteiger partial charge in [-0.15, -0.1) is 0 Å². The zero-order chi connectivity index (χ0) is 14.5. The van der Waals surface area contributed by atoms with Gasteiger partial charge in [0.1, 0.15) is 11.6 Å². The Bertz CT molecular complexity index is 611. The summed E-state index contributed by atoms with van der Waals surface area (Å²) in [7, 11) is 0. The number of aryl methyl sites for hydroxylation is 1. The summed E-state index contributed by atoms with van der Waals surface area (Å²) in [6.45, 7) is 4.77. The molecule has 0 saturated heterocycles. The van der Waals surface area contributed by atoms with Crippen LogP contribution in [0.5, 0.6) is 0 Å². The minimum Gasteiger partial charge on any atom is -0.385 e. The largest absolute Gasteiger partial charge is 0.385 e. The molecule has 0 atom stereocenters. The van der Waals surface area contributed by atoms with E-state index in [-0.39, 0.29) is 5.91 Å². The smallest absolute Gasteiger partial charge is 0.256 e. The molecule has 2 aromatic rings. The lowest BCUT2D eigenvalue weighted by Crippen LogP contribution is -2.13. The Morgan fingerprint density at radius 3 is 2.70 bits per heavy atom. The second-order valence-corrected chi connectivity index (χ2v) is 4.38. The van der Waals surface area contributed by atoms with Gasteiger partial charge >= 0.3 is 0 Å². The molecule has 1 aromatic heterocycles. The molecule has 0 unspecified atom stereocenters. The minimum atomic E-state index is -0.436. The Labute approximate surface area is 117 Å². The van der Waals surface area contributed by atoms with Gasteiger partial charge in [-0.3, -0.25) is 4.79 Å². The molecule has 20 heavy (non-hydrogen) atoms. The molecule has 0 saturated carbocycles. The molecular weight excluding hydrogens is 257 g/mol. The summed E-state index contributed by atoms with van der Waals surface area (Å²) in [6, 6.07) is 8.09. The number of anilines is 2. The van der Waals surface area contributed by atoms with Crippen LogP contribution in [0.25, 0.3) is 0 Å². The number of hydrogen-bond donors (Lipinski definition) is 2. The molecule has 0 aliphatic carbocycles. The number of aromatic nitrogens is 1. The van der Waals surface area contributed by atoms with Crippen molar-refractivity contribution in [3.8, 4) is 0 Å². The standard InChI is InChI=1S/C15H16FN3O/c1-3-17-13-6-4-11(8-10(13)2)15(20)19-14-7-5-12(16)9-18-14/h4-9,17H,3H2,1-2H3,(H,18,19,20). The quantitative estimate of drug-likeness (QED) is 0.899. The van der Waals surface area contributed by atoms with Crippen LogP contribution in [0, 0.1) is 12.7 Å². The van der Waals surface area contributed by atoms with E-state index in [4.69, 9.17) is 0 Å². The summed E-state index contributed by atoms with van der Waals surface area (Å²) in [4.78, 5) is 15.8. The van der Waals surface area contributed by atoms with Crippen molar-refractivity contribution in [2.75, 3.05) is 17.2 Å². The summed E-state index contributed by atoms with van der Waals surface area (Å²) in [5.41, 5.74) is 2.53. The molecular formula is C15H16FN3O. The van der Waals surface area contributed by atoms with Crippen LogP contribution in [-0.4, -0.2) is 17.4 Å². The first-order valence-corrected chi connectivity index (χ1v) is 6.37. The number of hydrogen-bond acceptors (Lipinski definition) is 3. The van der Waals surface area contributed by atoms with Crippen molar-refractivity contribution in [3.63, 3.8) is 0 Å². The number of carbonyl (C=O) groups is 1. The maximum Gasteiger partial charge on any atom is 0.256 e. The van der Waals surface area contributed by atoms with Crippen LogP contribution in [0.3, 0.4) is 0 Å². The van der Waals surface area contributed by atoms with Gasteiger partial charge in [-0.2, -0.15) is 0 Å². The van der Waals surface area contributed by atoms with Gasteiger partial charge in [0.05, 0.1) is 6.20 Å². The fourth-order valence-electron chi connectivity index (χ4n) is 1.83. The van der Waals surface area contributed by atoms with Gasteiger partial charge in [-0.1, -0.05) is 0 Å².